The topological polar surface area (TPSA) is 0 Å². The minimum Gasteiger partial charge on any atom is -0.210 e. The molecule has 0 aliphatic carbocycles. The van der Waals surface area contributed by atoms with Gasteiger partial charge in [0, 0.05) is 10.8 Å². The van der Waals surface area contributed by atoms with Gasteiger partial charge in [-0.05, 0) is 172 Å². The van der Waals surface area contributed by atoms with Crippen molar-refractivity contribution in [2.45, 2.75) is 548 Å². The first kappa shape index (κ1) is 152. The van der Waals surface area contributed by atoms with Crippen molar-refractivity contribution in [1.82, 2.24) is 0 Å². The molecular weight excluding hydrogens is 1810 g/mol. The van der Waals surface area contributed by atoms with Crippen LogP contribution in [0.1, 0.15) is 485 Å². The zero-order chi connectivity index (χ0) is 110. The third kappa shape index (κ3) is 43.1. The average molecular weight is 2010 g/mol. The summed E-state index contributed by atoms with van der Waals surface area (Å²) in [6.07, 6.45) is -24.7. The molecule has 28 heteroatoms. The molecule has 8 atom stereocenters. The van der Waals surface area contributed by atoms with Gasteiger partial charge in [-0.1, -0.05) is 396 Å². The highest BCUT2D eigenvalue weighted by atomic mass is 19.4. The average Bonchev–Trinajstić information content (AvgIpc) is 0.764. The Bertz CT molecular complexity index is 2770. The van der Waals surface area contributed by atoms with Crippen LogP contribution in [0.3, 0.4) is 0 Å². The first-order chi connectivity index (χ1) is 59.7. The third-order valence-electron chi connectivity index (χ3n) is 33.2. The third-order valence-corrected chi connectivity index (χ3v) is 33.2. The van der Waals surface area contributed by atoms with E-state index in [4.69, 9.17) is 0 Å². The molecule has 0 aromatic heterocycles. The van der Waals surface area contributed by atoms with E-state index in [1.54, 1.807) is 111 Å². The van der Waals surface area contributed by atoms with Gasteiger partial charge in [0.25, 0.3) is 0 Å². The van der Waals surface area contributed by atoms with Gasteiger partial charge >= 0.3 is 49.4 Å². The summed E-state index contributed by atoms with van der Waals surface area (Å²) < 4.78 is 359. The summed E-state index contributed by atoms with van der Waals surface area (Å²) >= 11 is 0. The Labute approximate surface area is 803 Å². The van der Waals surface area contributed by atoms with E-state index >= 15 is 0 Å². The van der Waals surface area contributed by atoms with E-state index < -0.39 is 127 Å². The van der Waals surface area contributed by atoms with Gasteiger partial charge in [0.05, 0.1) is 43.3 Å². The zero-order valence-electron chi connectivity index (χ0n) is 93.1. The lowest BCUT2D eigenvalue weighted by Crippen LogP contribution is -2.48. The van der Waals surface area contributed by atoms with Crippen LogP contribution in [0.4, 0.5) is 123 Å². The number of alkyl halides is 28. The number of rotatable bonds is 42. The van der Waals surface area contributed by atoms with Crippen LogP contribution in [-0.4, -0.2) is 62.3 Å². The second kappa shape index (κ2) is 64.0. The SMILES string of the molecule is CC(C)C(C)(C(C)C)C(F)(F)F.CCC(C)(CC)[C@](C)(CC)C(F)(F)F.CCC(CC)[C@](C)(C(C)C)C(F)(F)F.CCC(CC)[C@](C)(CC)C(F)(F)F.CCCC(C)(CCC)C(F)(F)F.CCC[C@@](C)(C(CC)CC)C(F)(F)F.CCC[C@](C)(C(F)(F)F)C(C)(CC)CC.CCC[C@](C)(C(F)F)C(C(C)C)C(C)C.CCC[C@](C)(CC)C(F)(F)F.CC[C@](C)(C(F)F)C(C(C)C)C(C)C. The van der Waals surface area contributed by atoms with Gasteiger partial charge < -0.3 is 0 Å². The highest BCUT2D eigenvalue weighted by molar-refractivity contribution is 4.99. The lowest BCUT2D eigenvalue weighted by molar-refractivity contribution is -0.261. The summed E-state index contributed by atoms with van der Waals surface area (Å²) in [4.78, 5) is 0. The summed E-state index contributed by atoms with van der Waals surface area (Å²) in [5.41, 5.74) is -15.1. The maximum Gasteiger partial charge on any atom is 0.394 e. The maximum atomic E-state index is 13.2. The molecule has 0 aromatic carbocycles. The molecule has 0 fully saturated rings. The molecule has 0 saturated heterocycles. The van der Waals surface area contributed by atoms with Crippen LogP contribution in [0.5, 0.6) is 0 Å². The molecule has 0 spiro atoms. The predicted molar refractivity (Wildman–Crippen MR) is 513 cm³/mol. The van der Waals surface area contributed by atoms with E-state index in [0.29, 0.717) is 133 Å². The van der Waals surface area contributed by atoms with Crippen molar-refractivity contribution in [2.24, 2.45) is 136 Å². The smallest absolute Gasteiger partial charge is 0.210 e. The van der Waals surface area contributed by atoms with Gasteiger partial charge in [-0.25, -0.2) is 17.6 Å². The second-order valence-electron chi connectivity index (χ2n) is 43.3. The quantitative estimate of drug-likeness (QED) is 0.0535. The molecule has 0 radical (unpaired) electrons. The molecule has 0 nitrogen and oxygen atoms in total. The normalized spacial score (nSPS) is 16.8. The molecule has 0 amide bonds. The molecule has 134 heavy (non-hydrogen) atoms. The largest absolute Gasteiger partial charge is 0.394 e. The number of hydrogen-bond acceptors (Lipinski definition) is 0. The van der Waals surface area contributed by atoms with E-state index in [0.717, 1.165) is 6.42 Å². The molecule has 0 N–H and O–H groups in total. The van der Waals surface area contributed by atoms with Crippen molar-refractivity contribution in [3.63, 3.8) is 0 Å². The van der Waals surface area contributed by atoms with Gasteiger partial charge in [-0.15, -0.1) is 0 Å². The highest BCUT2D eigenvalue weighted by Crippen LogP contribution is 2.60. The first-order valence-corrected chi connectivity index (χ1v) is 50.8. The van der Waals surface area contributed by atoms with Gasteiger partial charge in [0.1, 0.15) is 0 Å². The maximum absolute atomic E-state index is 13.2. The van der Waals surface area contributed by atoms with E-state index in [9.17, 15) is 123 Å². The summed E-state index contributed by atoms with van der Waals surface area (Å²) in [6.45, 7) is 79.9. The standard InChI is InChI=1S/C13H26F2.C12H23F3.C12H24F2.3C11H21F3.C10H19F3.2C9H17F3.C8H15F3/c1-7-8-13(6,12(14)15)11(9(2)3)10(4)5;1-6-9-11(5,12(13,14)15)10(4,7-2)8-3;1-7-12(6,11(13)14)10(8(2)3)9(4)5;1-6-9(4,7-2)10(5,8-3)11(12,13)14;1-6-9(7-2)10(5,8(3)4)11(12,13)14;1-5-8-10(4,11(12,13)14)9(6-2)7-3;1-5-8(6-2)9(4,7-3)10(11,12)13;1-6(2)8(5,7(3)4)9(10,11)12;1-4-6-8(3,7-5-2)9(10,11)12;1-4-6-7(3,5-2)8(9,10)11/h9-12H,7-8H2,1-6H3;6-9H2,1-5H3;8-11H,7H2,1-6H3;6-8H2,1-5H3;8-9H,6-7H2,1-5H3;9H,5-8H2,1-4H3;8H,5-7H2,1-4H3;6-7H,1-5H3;4-7H2,1-3H3;4-6H2,1-3H3/t13-;11-;12-;3*10-;9-;;;7-/m0000000..0/s1. The fourth-order valence-corrected chi connectivity index (χ4v) is 20.7. The van der Waals surface area contributed by atoms with E-state index in [2.05, 4.69) is 27.7 Å². The van der Waals surface area contributed by atoms with Crippen LogP contribution in [0.25, 0.3) is 0 Å². The van der Waals surface area contributed by atoms with Crippen LogP contribution >= 0.6 is 0 Å². The van der Waals surface area contributed by atoms with Crippen molar-refractivity contribution >= 4 is 0 Å². The molecule has 0 unspecified atom stereocenters. The molecule has 0 rings (SSSR count). The van der Waals surface area contributed by atoms with Crippen LogP contribution in [0, 0.1) is 136 Å². The summed E-state index contributed by atoms with van der Waals surface area (Å²) in [7, 11) is 0. The molecular formula is C106H204F28. The zero-order valence-corrected chi connectivity index (χ0v) is 93.1. The van der Waals surface area contributed by atoms with Gasteiger partial charge in [0.15, 0.2) is 0 Å². The Morgan fingerprint density at radius 3 is 0.537 bits per heavy atom. The Hall–Kier alpha value is -1.96. The van der Waals surface area contributed by atoms with Crippen molar-refractivity contribution < 1.29 is 123 Å². The predicted octanol–water partition coefficient (Wildman–Crippen LogP) is 45.2. The van der Waals surface area contributed by atoms with E-state index in [1.165, 1.54) is 55.4 Å². The monoisotopic (exact) mass is 2010 g/mol. The van der Waals surface area contributed by atoms with Crippen molar-refractivity contribution in [1.29, 1.82) is 0 Å². The highest BCUT2D eigenvalue weighted by Gasteiger charge is 2.63. The molecule has 0 saturated carbocycles. The summed E-state index contributed by atoms with van der Waals surface area (Å²) in [5.74, 6) is -0.455. The minimum absolute atomic E-state index is 0.0903. The number of halogens is 28. The van der Waals surface area contributed by atoms with Crippen LogP contribution < -0.4 is 0 Å². The first-order valence-electron chi connectivity index (χ1n) is 50.8. The van der Waals surface area contributed by atoms with Gasteiger partial charge in [0.2, 0.25) is 12.9 Å². The molecule has 0 aliphatic heterocycles. The van der Waals surface area contributed by atoms with Crippen molar-refractivity contribution in [2.75, 3.05) is 0 Å². The van der Waals surface area contributed by atoms with E-state index in [1.807, 2.05) is 125 Å². The van der Waals surface area contributed by atoms with Crippen molar-refractivity contribution in [3.05, 3.63) is 0 Å². The van der Waals surface area contributed by atoms with Gasteiger partial charge in [-0.3, -0.25) is 0 Å². The molecule has 824 valence electrons. The minimum atomic E-state index is -4.11. The molecule has 0 aromatic rings. The lowest BCUT2D eigenvalue weighted by Gasteiger charge is -2.47. The second-order valence-corrected chi connectivity index (χ2v) is 43.3. The molecule has 0 heterocycles. The number of hydrogen-bond donors (Lipinski definition) is 0. The fraction of sp³-hybridized carbons (Fsp3) is 1.00. The fourth-order valence-electron chi connectivity index (χ4n) is 20.7. The Morgan fingerprint density at radius 1 is 0.187 bits per heavy atom. The van der Waals surface area contributed by atoms with Crippen LogP contribution in [0.2, 0.25) is 0 Å². The van der Waals surface area contributed by atoms with Crippen molar-refractivity contribution in [3.8, 4) is 0 Å². The Balaban J connectivity index is -0.000000160. The lowest BCUT2D eigenvalue weighted by atomic mass is 9.60. The summed E-state index contributed by atoms with van der Waals surface area (Å²) in [6, 6.07) is 0. The Kier molecular flexibility index (Phi) is 72.7. The van der Waals surface area contributed by atoms with Crippen LogP contribution in [0.15, 0.2) is 0 Å². The van der Waals surface area contributed by atoms with Crippen LogP contribution in [-0.2, 0) is 0 Å². The Morgan fingerprint density at radius 2 is 0.418 bits per heavy atom. The van der Waals surface area contributed by atoms with Gasteiger partial charge in [-0.2, -0.15) is 105 Å². The molecule has 0 aliphatic rings. The summed E-state index contributed by atoms with van der Waals surface area (Å²) in [5, 5.41) is 0. The molecule has 0 bridgehead atoms. The van der Waals surface area contributed by atoms with E-state index in [-0.39, 0.29) is 98.7 Å².